The topological polar surface area (TPSA) is 29.1 Å². The number of unbranched alkanes of at least 4 members (excludes halogenated alkanes) is 2. The Balaban J connectivity index is 1.97. The van der Waals surface area contributed by atoms with Crippen molar-refractivity contribution in [1.82, 2.24) is 5.32 Å². The van der Waals surface area contributed by atoms with Crippen molar-refractivity contribution >= 4 is 10.8 Å². The van der Waals surface area contributed by atoms with E-state index in [4.69, 9.17) is 6.42 Å². The first-order valence-corrected chi connectivity index (χ1v) is 6.83. The maximum absolute atomic E-state index is 11.1. The molecule has 80 valence electrons. The molecule has 14 heavy (non-hydrogen) atoms. The Morgan fingerprint density at radius 1 is 1.36 bits per heavy atom. The van der Waals surface area contributed by atoms with Gasteiger partial charge in [-0.25, -0.2) is 0 Å². The zero-order valence-corrected chi connectivity index (χ0v) is 9.44. The number of nitrogens with one attached hydrogen (secondary N) is 1. The lowest BCUT2D eigenvalue weighted by Gasteiger charge is -2.22. The van der Waals surface area contributed by atoms with Gasteiger partial charge in [-0.3, -0.25) is 4.21 Å². The van der Waals surface area contributed by atoms with Crippen molar-refractivity contribution in [2.45, 2.75) is 38.1 Å². The molecular weight excluding hydrogens is 194 g/mol. The molecule has 0 bridgehead atoms. The summed E-state index contributed by atoms with van der Waals surface area (Å²) in [5.41, 5.74) is 0. The van der Waals surface area contributed by atoms with Crippen molar-refractivity contribution in [2.24, 2.45) is 0 Å². The first-order valence-electron chi connectivity index (χ1n) is 5.34. The highest BCUT2D eigenvalue weighted by Crippen LogP contribution is 2.09. The van der Waals surface area contributed by atoms with Crippen LogP contribution in [0.1, 0.15) is 32.1 Å². The summed E-state index contributed by atoms with van der Waals surface area (Å²) in [6.07, 6.45) is 10.5. The molecule has 0 aromatic rings. The fourth-order valence-corrected chi connectivity index (χ4v) is 2.96. The Bertz CT molecular complexity index is 212. The quantitative estimate of drug-likeness (QED) is 0.551. The van der Waals surface area contributed by atoms with Crippen molar-refractivity contribution < 1.29 is 4.21 Å². The molecule has 1 aliphatic rings. The van der Waals surface area contributed by atoms with Gasteiger partial charge in [0.05, 0.1) is 0 Å². The summed E-state index contributed by atoms with van der Waals surface area (Å²) in [7, 11) is -0.538. The molecule has 0 atom stereocenters. The smallest absolute Gasteiger partial charge is 0.0249 e. The van der Waals surface area contributed by atoms with Crippen LogP contribution in [0.2, 0.25) is 0 Å². The standard InChI is InChI=1S/C11H19NOS/c1-2-3-4-5-8-12-11-6-9-14(13)10-7-11/h1,11-12H,3-10H2. The first kappa shape index (κ1) is 11.7. The van der Waals surface area contributed by atoms with Gasteiger partial charge in [0.25, 0.3) is 0 Å². The van der Waals surface area contributed by atoms with Crippen LogP contribution in [0.3, 0.4) is 0 Å². The highest BCUT2D eigenvalue weighted by molar-refractivity contribution is 7.85. The van der Waals surface area contributed by atoms with Gasteiger partial charge in [-0.1, -0.05) is 0 Å². The number of hydrogen-bond acceptors (Lipinski definition) is 2. The second-order valence-corrected chi connectivity index (χ2v) is 5.43. The van der Waals surface area contributed by atoms with Gasteiger partial charge in [-0.05, 0) is 32.2 Å². The van der Waals surface area contributed by atoms with E-state index in [1.54, 1.807) is 0 Å². The monoisotopic (exact) mass is 213 g/mol. The fraction of sp³-hybridized carbons (Fsp3) is 0.818. The van der Waals surface area contributed by atoms with E-state index in [0.717, 1.165) is 50.2 Å². The molecule has 1 N–H and O–H groups in total. The van der Waals surface area contributed by atoms with Crippen LogP contribution in [0.5, 0.6) is 0 Å². The maximum atomic E-state index is 11.1. The number of hydrogen-bond donors (Lipinski definition) is 1. The van der Waals surface area contributed by atoms with Gasteiger partial charge in [0.1, 0.15) is 0 Å². The molecule has 1 saturated heterocycles. The second kappa shape index (κ2) is 7.03. The summed E-state index contributed by atoms with van der Waals surface area (Å²) < 4.78 is 11.1. The minimum Gasteiger partial charge on any atom is -0.314 e. The van der Waals surface area contributed by atoms with Gasteiger partial charge in [-0.2, -0.15) is 0 Å². The van der Waals surface area contributed by atoms with Gasteiger partial charge in [0.15, 0.2) is 0 Å². The fourth-order valence-electron chi connectivity index (χ4n) is 1.66. The summed E-state index contributed by atoms with van der Waals surface area (Å²) in [6, 6.07) is 0.596. The van der Waals surface area contributed by atoms with Crippen LogP contribution in [-0.4, -0.2) is 28.3 Å². The van der Waals surface area contributed by atoms with E-state index < -0.39 is 10.8 Å². The van der Waals surface area contributed by atoms with Crippen molar-refractivity contribution in [3.63, 3.8) is 0 Å². The molecular formula is C11H19NOS. The van der Waals surface area contributed by atoms with E-state index in [1.807, 2.05) is 0 Å². The largest absolute Gasteiger partial charge is 0.314 e. The predicted molar refractivity (Wildman–Crippen MR) is 61.6 cm³/mol. The average molecular weight is 213 g/mol. The molecule has 2 nitrogen and oxygen atoms in total. The van der Waals surface area contributed by atoms with Crippen LogP contribution < -0.4 is 5.32 Å². The Hall–Kier alpha value is -0.330. The van der Waals surface area contributed by atoms with Crippen molar-refractivity contribution in [2.75, 3.05) is 18.1 Å². The lowest BCUT2D eigenvalue weighted by atomic mass is 10.1. The Morgan fingerprint density at radius 3 is 2.71 bits per heavy atom. The SMILES string of the molecule is C#CCCCCNC1CCS(=O)CC1. The summed E-state index contributed by atoms with van der Waals surface area (Å²) in [4.78, 5) is 0. The normalized spacial score (nSPS) is 27.1. The summed E-state index contributed by atoms with van der Waals surface area (Å²) >= 11 is 0. The van der Waals surface area contributed by atoms with Crippen LogP contribution in [0.25, 0.3) is 0 Å². The predicted octanol–water partition coefficient (Wildman–Crippen LogP) is 1.29. The molecule has 0 aliphatic carbocycles. The summed E-state index contributed by atoms with van der Waals surface area (Å²) in [6.45, 7) is 1.05. The first-order chi connectivity index (χ1) is 6.83. The van der Waals surface area contributed by atoms with Crippen LogP contribution >= 0.6 is 0 Å². The van der Waals surface area contributed by atoms with E-state index >= 15 is 0 Å². The molecule has 1 aliphatic heterocycles. The summed E-state index contributed by atoms with van der Waals surface area (Å²) in [5, 5.41) is 3.50. The van der Waals surface area contributed by atoms with E-state index in [-0.39, 0.29) is 0 Å². The molecule has 0 spiro atoms. The third-order valence-electron chi connectivity index (χ3n) is 2.57. The lowest BCUT2D eigenvalue weighted by Crippen LogP contribution is -2.36. The molecule has 1 rings (SSSR count). The van der Waals surface area contributed by atoms with Gasteiger partial charge in [0, 0.05) is 34.8 Å². The van der Waals surface area contributed by atoms with Gasteiger partial charge in [0.2, 0.25) is 0 Å². The zero-order chi connectivity index (χ0) is 10.2. The maximum Gasteiger partial charge on any atom is 0.0249 e. The minimum absolute atomic E-state index is 0.538. The Kier molecular flexibility index (Phi) is 5.89. The van der Waals surface area contributed by atoms with E-state index in [0.29, 0.717) is 6.04 Å². The van der Waals surface area contributed by atoms with Crippen LogP contribution in [0, 0.1) is 12.3 Å². The highest BCUT2D eigenvalue weighted by Gasteiger charge is 2.16. The Labute approximate surface area is 89.3 Å². The van der Waals surface area contributed by atoms with E-state index in [2.05, 4.69) is 11.2 Å². The molecule has 0 saturated carbocycles. The van der Waals surface area contributed by atoms with Crippen LogP contribution in [0.4, 0.5) is 0 Å². The van der Waals surface area contributed by atoms with Gasteiger partial charge in [-0.15, -0.1) is 12.3 Å². The van der Waals surface area contributed by atoms with E-state index in [1.165, 1.54) is 0 Å². The van der Waals surface area contributed by atoms with Gasteiger partial charge >= 0.3 is 0 Å². The van der Waals surface area contributed by atoms with Gasteiger partial charge < -0.3 is 5.32 Å². The molecule has 0 radical (unpaired) electrons. The van der Waals surface area contributed by atoms with Crippen molar-refractivity contribution in [3.8, 4) is 12.3 Å². The zero-order valence-electron chi connectivity index (χ0n) is 8.63. The van der Waals surface area contributed by atoms with Crippen LogP contribution in [-0.2, 0) is 10.8 Å². The molecule has 0 amide bonds. The number of rotatable bonds is 5. The minimum atomic E-state index is -0.538. The Morgan fingerprint density at radius 2 is 2.07 bits per heavy atom. The molecule has 0 unspecified atom stereocenters. The molecule has 1 heterocycles. The average Bonchev–Trinajstić information content (AvgIpc) is 2.21. The lowest BCUT2D eigenvalue weighted by molar-refractivity contribution is 0.467. The molecule has 0 aromatic carbocycles. The number of terminal acetylenes is 1. The molecule has 0 aromatic heterocycles. The van der Waals surface area contributed by atoms with Crippen molar-refractivity contribution in [3.05, 3.63) is 0 Å². The molecule has 3 heteroatoms. The van der Waals surface area contributed by atoms with Crippen molar-refractivity contribution in [1.29, 1.82) is 0 Å². The molecule has 1 fully saturated rings. The second-order valence-electron chi connectivity index (χ2n) is 3.74. The highest BCUT2D eigenvalue weighted by atomic mass is 32.2. The third kappa shape index (κ3) is 4.78. The third-order valence-corrected chi connectivity index (χ3v) is 3.95. The summed E-state index contributed by atoms with van der Waals surface area (Å²) in [5.74, 6) is 4.40. The van der Waals surface area contributed by atoms with Crippen LogP contribution in [0.15, 0.2) is 0 Å². The van der Waals surface area contributed by atoms with E-state index in [9.17, 15) is 4.21 Å².